The molecule has 0 bridgehead atoms. The fraction of sp³-hybridized carbons (Fsp3) is 0.412. The molecular weight excluding hydrogens is 248 g/mol. The summed E-state index contributed by atoms with van der Waals surface area (Å²) in [4.78, 5) is 0. The van der Waals surface area contributed by atoms with Crippen LogP contribution < -0.4 is 10.5 Å². The predicted molar refractivity (Wildman–Crippen MR) is 80.9 cm³/mol. The minimum Gasteiger partial charge on any atom is -0.492 e. The Morgan fingerprint density at radius 3 is 2.85 bits per heavy atom. The second kappa shape index (κ2) is 6.14. The second-order valence-electron chi connectivity index (χ2n) is 5.49. The van der Waals surface area contributed by atoms with E-state index in [1.807, 2.05) is 30.3 Å². The molecule has 2 N–H and O–H groups in total. The van der Waals surface area contributed by atoms with Gasteiger partial charge in [0.2, 0.25) is 0 Å². The number of aromatic nitrogens is 1. The summed E-state index contributed by atoms with van der Waals surface area (Å²) in [5, 5.41) is 0. The highest BCUT2D eigenvalue weighted by Gasteiger charge is 2.17. The molecule has 1 aliphatic rings. The van der Waals surface area contributed by atoms with Crippen molar-refractivity contribution in [3.05, 3.63) is 53.9 Å². The average Bonchev–Trinajstić information content (AvgIpc) is 2.80. The van der Waals surface area contributed by atoms with Gasteiger partial charge in [-0.1, -0.05) is 24.6 Å². The Morgan fingerprint density at radius 2 is 2.00 bits per heavy atom. The normalized spacial score (nSPS) is 18.4. The number of benzene rings is 1. The fourth-order valence-electron chi connectivity index (χ4n) is 2.87. The number of para-hydroxylation sites is 1. The first-order chi connectivity index (χ1) is 9.83. The molecular formula is C17H22N2O. The van der Waals surface area contributed by atoms with Crippen molar-refractivity contribution in [2.75, 3.05) is 6.61 Å². The molecule has 0 saturated heterocycles. The van der Waals surface area contributed by atoms with E-state index < -0.39 is 0 Å². The highest BCUT2D eigenvalue weighted by atomic mass is 16.5. The van der Waals surface area contributed by atoms with Crippen LogP contribution in [0.5, 0.6) is 5.75 Å². The third-order valence-corrected chi connectivity index (χ3v) is 3.97. The monoisotopic (exact) mass is 270 g/mol. The maximum absolute atomic E-state index is 6.23. The Bertz CT molecular complexity index is 547. The smallest absolute Gasteiger partial charge is 0.119 e. The molecule has 1 aromatic carbocycles. The summed E-state index contributed by atoms with van der Waals surface area (Å²) in [6.07, 6.45) is 9.22. The molecule has 0 spiro atoms. The van der Waals surface area contributed by atoms with Crippen LogP contribution in [0.1, 0.15) is 36.4 Å². The summed E-state index contributed by atoms with van der Waals surface area (Å²) >= 11 is 0. The van der Waals surface area contributed by atoms with Crippen LogP contribution in [0.3, 0.4) is 0 Å². The van der Waals surface area contributed by atoms with Gasteiger partial charge in [0, 0.05) is 18.4 Å². The molecule has 1 aromatic heterocycles. The molecule has 106 valence electrons. The number of aryl methyl sites for hydroxylation is 1. The lowest BCUT2D eigenvalue weighted by molar-refractivity contribution is 0.298. The number of nitrogens with zero attached hydrogens (tertiary/aromatic N) is 1. The third kappa shape index (κ3) is 3.05. The van der Waals surface area contributed by atoms with Gasteiger partial charge in [0.05, 0.1) is 6.54 Å². The van der Waals surface area contributed by atoms with Crippen LogP contribution in [0.25, 0.3) is 0 Å². The molecule has 0 fully saturated rings. The lowest BCUT2D eigenvalue weighted by Crippen LogP contribution is -2.10. The maximum atomic E-state index is 6.23. The first-order valence-electron chi connectivity index (χ1n) is 7.45. The standard InChI is InChI=1S/C17H22N2O/c18-17-9-5-4-6-14-12-19(13-16(14)17)10-11-20-15-7-2-1-3-8-15/h1-3,7-8,12-13,17H,4-6,9-11,18H2. The molecule has 1 aliphatic carbocycles. The predicted octanol–water partition coefficient (Wildman–Crippen LogP) is 3.29. The SMILES string of the molecule is NC1CCCCc2cn(CCOc3ccccc3)cc21. The lowest BCUT2D eigenvalue weighted by atomic mass is 10.1. The van der Waals surface area contributed by atoms with Crippen LogP contribution in [0.4, 0.5) is 0 Å². The van der Waals surface area contributed by atoms with Crippen molar-refractivity contribution in [3.8, 4) is 5.75 Å². The summed E-state index contributed by atoms with van der Waals surface area (Å²) in [5.41, 5.74) is 9.00. The number of rotatable bonds is 4. The van der Waals surface area contributed by atoms with E-state index in [0.29, 0.717) is 6.61 Å². The number of ether oxygens (including phenoxy) is 1. The summed E-state index contributed by atoms with van der Waals surface area (Å²) < 4.78 is 7.96. The van der Waals surface area contributed by atoms with Crippen LogP contribution in [0, 0.1) is 0 Å². The van der Waals surface area contributed by atoms with Crippen molar-refractivity contribution < 1.29 is 4.74 Å². The molecule has 3 nitrogen and oxygen atoms in total. The minimum absolute atomic E-state index is 0.212. The van der Waals surface area contributed by atoms with Crippen molar-refractivity contribution in [1.29, 1.82) is 0 Å². The van der Waals surface area contributed by atoms with Crippen LogP contribution in [-0.4, -0.2) is 11.2 Å². The highest BCUT2D eigenvalue weighted by molar-refractivity contribution is 5.29. The summed E-state index contributed by atoms with van der Waals surface area (Å²) in [5.74, 6) is 0.929. The fourth-order valence-corrected chi connectivity index (χ4v) is 2.87. The number of nitrogens with two attached hydrogens (primary N) is 1. The Balaban J connectivity index is 1.60. The van der Waals surface area contributed by atoms with E-state index in [-0.39, 0.29) is 6.04 Å². The Hall–Kier alpha value is -1.74. The average molecular weight is 270 g/mol. The van der Waals surface area contributed by atoms with Gasteiger partial charge in [-0.15, -0.1) is 0 Å². The molecule has 0 radical (unpaired) electrons. The molecule has 3 heteroatoms. The molecule has 1 unspecified atom stereocenters. The van der Waals surface area contributed by atoms with Crippen molar-refractivity contribution in [2.45, 2.75) is 38.3 Å². The van der Waals surface area contributed by atoms with E-state index in [1.54, 1.807) is 0 Å². The lowest BCUT2D eigenvalue weighted by Gasteiger charge is -2.08. The maximum Gasteiger partial charge on any atom is 0.119 e. The van der Waals surface area contributed by atoms with E-state index in [1.165, 1.54) is 24.0 Å². The quantitative estimate of drug-likeness (QED) is 0.866. The summed E-state index contributed by atoms with van der Waals surface area (Å²) in [6.45, 7) is 1.56. The van der Waals surface area contributed by atoms with Crippen LogP contribution in [0.15, 0.2) is 42.7 Å². The molecule has 0 aliphatic heterocycles. The highest BCUT2D eigenvalue weighted by Crippen LogP contribution is 2.27. The molecule has 0 amide bonds. The topological polar surface area (TPSA) is 40.2 Å². The van der Waals surface area contributed by atoms with Crippen molar-refractivity contribution in [3.63, 3.8) is 0 Å². The zero-order chi connectivity index (χ0) is 13.8. The Labute approximate surface area is 120 Å². The Kier molecular flexibility index (Phi) is 4.07. The van der Waals surface area contributed by atoms with Gasteiger partial charge in [0.1, 0.15) is 12.4 Å². The van der Waals surface area contributed by atoms with E-state index in [4.69, 9.17) is 10.5 Å². The van der Waals surface area contributed by atoms with E-state index in [9.17, 15) is 0 Å². The summed E-state index contributed by atoms with van der Waals surface area (Å²) in [6, 6.07) is 10.2. The van der Waals surface area contributed by atoms with Gasteiger partial charge < -0.3 is 15.0 Å². The van der Waals surface area contributed by atoms with Crippen LogP contribution >= 0.6 is 0 Å². The number of hydrogen-bond acceptors (Lipinski definition) is 2. The molecule has 1 heterocycles. The van der Waals surface area contributed by atoms with Gasteiger partial charge in [0.25, 0.3) is 0 Å². The Morgan fingerprint density at radius 1 is 1.15 bits per heavy atom. The zero-order valence-electron chi connectivity index (χ0n) is 11.8. The van der Waals surface area contributed by atoms with Crippen LogP contribution in [0.2, 0.25) is 0 Å². The third-order valence-electron chi connectivity index (χ3n) is 3.97. The van der Waals surface area contributed by atoms with Crippen molar-refractivity contribution >= 4 is 0 Å². The number of fused-ring (bicyclic) bond motifs is 1. The van der Waals surface area contributed by atoms with Gasteiger partial charge in [-0.05, 0) is 42.5 Å². The first-order valence-corrected chi connectivity index (χ1v) is 7.45. The minimum atomic E-state index is 0.212. The van der Waals surface area contributed by atoms with Gasteiger partial charge in [-0.2, -0.15) is 0 Å². The summed E-state index contributed by atoms with van der Waals surface area (Å²) in [7, 11) is 0. The largest absolute Gasteiger partial charge is 0.492 e. The molecule has 20 heavy (non-hydrogen) atoms. The number of hydrogen-bond donors (Lipinski definition) is 1. The first kappa shape index (κ1) is 13.3. The van der Waals surface area contributed by atoms with Crippen molar-refractivity contribution in [1.82, 2.24) is 4.57 Å². The van der Waals surface area contributed by atoms with Crippen LogP contribution in [-0.2, 0) is 13.0 Å². The van der Waals surface area contributed by atoms with Gasteiger partial charge in [-0.3, -0.25) is 0 Å². The second-order valence-corrected chi connectivity index (χ2v) is 5.49. The van der Waals surface area contributed by atoms with Gasteiger partial charge in [-0.25, -0.2) is 0 Å². The van der Waals surface area contributed by atoms with E-state index in [0.717, 1.165) is 25.1 Å². The zero-order valence-corrected chi connectivity index (χ0v) is 11.8. The van der Waals surface area contributed by atoms with E-state index in [2.05, 4.69) is 17.0 Å². The van der Waals surface area contributed by atoms with Gasteiger partial charge in [0.15, 0.2) is 0 Å². The molecule has 2 aromatic rings. The molecule has 0 saturated carbocycles. The van der Waals surface area contributed by atoms with Crippen molar-refractivity contribution in [2.24, 2.45) is 5.73 Å². The van der Waals surface area contributed by atoms with Gasteiger partial charge >= 0.3 is 0 Å². The molecule has 3 rings (SSSR count). The van der Waals surface area contributed by atoms with E-state index >= 15 is 0 Å². The molecule has 1 atom stereocenters.